The number of rotatable bonds is 5. The van der Waals surface area contributed by atoms with Crippen LogP contribution in [0.25, 0.3) is 0 Å². The van der Waals surface area contributed by atoms with Gasteiger partial charge in [0.15, 0.2) is 0 Å². The largest absolute Gasteiger partial charge is 0.492 e. The van der Waals surface area contributed by atoms with Crippen LogP contribution >= 0.6 is 0 Å². The van der Waals surface area contributed by atoms with Gasteiger partial charge in [0.25, 0.3) is 0 Å². The third-order valence-corrected chi connectivity index (χ3v) is 3.40. The SMILES string of the molecule is CC.CC(C)c1cccc(OCCN2CCCC2)c1. The molecule has 0 bridgehead atoms. The van der Waals surface area contributed by atoms with E-state index in [1.807, 2.05) is 13.8 Å². The number of ether oxygens (including phenoxy) is 1. The lowest BCUT2D eigenvalue weighted by Crippen LogP contribution is -2.25. The Kier molecular flexibility index (Phi) is 7.57. The van der Waals surface area contributed by atoms with E-state index in [1.54, 1.807) is 0 Å². The lowest BCUT2D eigenvalue weighted by molar-refractivity contribution is 0.237. The predicted molar refractivity (Wildman–Crippen MR) is 83.0 cm³/mol. The van der Waals surface area contributed by atoms with Crippen LogP contribution in [0.3, 0.4) is 0 Å². The Hall–Kier alpha value is -1.02. The van der Waals surface area contributed by atoms with Crippen LogP contribution < -0.4 is 4.74 Å². The highest BCUT2D eigenvalue weighted by Crippen LogP contribution is 2.20. The quantitative estimate of drug-likeness (QED) is 0.785. The van der Waals surface area contributed by atoms with Gasteiger partial charge in [-0.25, -0.2) is 0 Å². The normalized spacial score (nSPS) is 15.2. The highest BCUT2D eigenvalue weighted by atomic mass is 16.5. The topological polar surface area (TPSA) is 12.5 Å². The van der Waals surface area contributed by atoms with Crippen molar-refractivity contribution in [1.29, 1.82) is 0 Å². The molecule has 19 heavy (non-hydrogen) atoms. The van der Waals surface area contributed by atoms with E-state index in [-0.39, 0.29) is 0 Å². The predicted octanol–water partition coefficient (Wildman–Crippen LogP) is 4.31. The molecule has 0 radical (unpaired) electrons. The van der Waals surface area contributed by atoms with E-state index in [2.05, 4.69) is 43.0 Å². The first kappa shape index (κ1) is 16.0. The summed E-state index contributed by atoms with van der Waals surface area (Å²) in [6.07, 6.45) is 2.70. The van der Waals surface area contributed by atoms with E-state index >= 15 is 0 Å². The van der Waals surface area contributed by atoms with Crippen LogP contribution in [0.5, 0.6) is 5.75 Å². The van der Waals surface area contributed by atoms with Gasteiger partial charge in [0.2, 0.25) is 0 Å². The molecule has 0 spiro atoms. The van der Waals surface area contributed by atoms with Crippen LogP contribution in [0.1, 0.15) is 52.0 Å². The molecule has 1 aliphatic rings. The molecule has 0 unspecified atom stereocenters. The lowest BCUT2D eigenvalue weighted by Gasteiger charge is -2.15. The molecule has 1 aromatic rings. The van der Waals surface area contributed by atoms with Crippen LogP contribution in [-0.4, -0.2) is 31.1 Å². The average Bonchev–Trinajstić information content (AvgIpc) is 2.95. The fourth-order valence-corrected chi connectivity index (χ4v) is 2.26. The summed E-state index contributed by atoms with van der Waals surface area (Å²) < 4.78 is 5.82. The molecule has 2 heteroatoms. The monoisotopic (exact) mass is 263 g/mol. The molecule has 1 heterocycles. The zero-order valence-electron chi connectivity index (χ0n) is 13.0. The Morgan fingerprint density at radius 2 is 1.84 bits per heavy atom. The summed E-state index contributed by atoms with van der Waals surface area (Å²) in [6.45, 7) is 12.8. The molecule has 2 rings (SSSR count). The van der Waals surface area contributed by atoms with Crippen molar-refractivity contribution >= 4 is 0 Å². The fraction of sp³-hybridized carbons (Fsp3) is 0.647. The van der Waals surface area contributed by atoms with Crippen molar-refractivity contribution in [3.8, 4) is 5.75 Å². The summed E-state index contributed by atoms with van der Waals surface area (Å²) in [6, 6.07) is 8.46. The first-order chi connectivity index (χ1) is 9.25. The van der Waals surface area contributed by atoms with Gasteiger partial charge in [0.1, 0.15) is 12.4 Å². The highest BCUT2D eigenvalue weighted by Gasteiger charge is 2.10. The second-order valence-corrected chi connectivity index (χ2v) is 5.12. The zero-order valence-corrected chi connectivity index (χ0v) is 13.0. The third kappa shape index (κ3) is 5.65. The summed E-state index contributed by atoms with van der Waals surface area (Å²) >= 11 is 0. The number of hydrogen-bond acceptors (Lipinski definition) is 2. The maximum atomic E-state index is 5.82. The molecule has 0 aromatic heterocycles. The molecule has 0 aliphatic carbocycles. The fourth-order valence-electron chi connectivity index (χ4n) is 2.26. The maximum absolute atomic E-state index is 5.82. The van der Waals surface area contributed by atoms with Crippen LogP contribution in [-0.2, 0) is 0 Å². The Balaban J connectivity index is 0.000000861. The number of benzene rings is 1. The van der Waals surface area contributed by atoms with Gasteiger partial charge in [-0.3, -0.25) is 4.90 Å². The first-order valence-electron chi connectivity index (χ1n) is 7.71. The van der Waals surface area contributed by atoms with E-state index in [1.165, 1.54) is 31.5 Å². The second kappa shape index (κ2) is 8.98. The van der Waals surface area contributed by atoms with Crippen molar-refractivity contribution in [2.75, 3.05) is 26.2 Å². The molecule has 1 aliphatic heterocycles. The molecule has 0 atom stereocenters. The standard InChI is InChI=1S/C15H23NO.C2H6/c1-13(2)14-6-5-7-15(12-14)17-11-10-16-8-3-4-9-16;1-2/h5-7,12-13H,3-4,8-11H2,1-2H3;1-2H3. The van der Waals surface area contributed by atoms with Crippen molar-refractivity contribution in [2.45, 2.75) is 46.5 Å². The number of hydrogen-bond donors (Lipinski definition) is 0. The van der Waals surface area contributed by atoms with Crippen LogP contribution in [0.15, 0.2) is 24.3 Å². The molecule has 0 N–H and O–H groups in total. The molecule has 108 valence electrons. The summed E-state index contributed by atoms with van der Waals surface area (Å²) in [7, 11) is 0. The Bertz CT molecular complexity index is 343. The van der Waals surface area contributed by atoms with Crippen LogP contribution in [0.4, 0.5) is 0 Å². The van der Waals surface area contributed by atoms with Crippen molar-refractivity contribution < 1.29 is 4.74 Å². The lowest BCUT2D eigenvalue weighted by atomic mass is 10.0. The minimum atomic E-state index is 0.567. The third-order valence-electron chi connectivity index (χ3n) is 3.40. The van der Waals surface area contributed by atoms with E-state index < -0.39 is 0 Å². The van der Waals surface area contributed by atoms with Crippen molar-refractivity contribution in [2.24, 2.45) is 0 Å². The summed E-state index contributed by atoms with van der Waals surface area (Å²) in [5.74, 6) is 1.58. The zero-order chi connectivity index (χ0) is 14.1. The molecular formula is C17H29NO. The molecule has 1 fully saturated rings. The van der Waals surface area contributed by atoms with Gasteiger partial charge >= 0.3 is 0 Å². The maximum Gasteiger partial charge on any atom is 0.119 e. The Morgan fingerprint density at radius 1 is 1.16 bits per heavy atom. The Labute approximate surface area is 118 Å². The minimum Gasteiger partial charge on any atom is -0.492 e. The van der Waals surface area contributed by atoms with Crippen molar-refractivity contribution in [3.63, 3.8) is 0 Å². The van der Waals surface area contributed by atoms with Gasteiger partial charge in [-0.1, -0.05) is 39.8 Å². The van der Waals surface area contributed by atoms with E-state index in [0.29, 0.717) is 5.92 Å². The summed E-state index contributed by atoms with van der Waals surface area (Å²) in [5.41, 5.74) is 1.35. The van der Waals surface area contributed by atoms with E-state index in [9.17, 15) is 0 Å². The molecule has 0 amide bonds. The molecule has 2 nitrogen and oxygen atoms in total. The van der Waals surface area contributed by atoms with Gasteiger partial charge in [-0.15, -0.1) is 0 Å². The summed E-state index contributed by atoms with van der Waals surface area (Å²) in [5, 5.41) is 0. The van der Waals surface area contributed by atoms with Gasteiger partial charge in [0, 0.05) is 6.54 Å². The first-order valence-corrected chi connectivity index (χ1v) is 7.71. The van der Waals surface area contributed by atoms with E-state index in [4.69, 9.17) is 4.74 Å². The average molecular weight is 263 g/mol. The summed E-state index contributed by atoms with van der Waals surface area (Å²) in [4.78, 5) is 2.48. The van der Waals surface area contributed by atoms with Gasteiger partial charge in [-0.05, 0) is 49.5 Å². The Morgan fingerprint density at radius 3 is 2.47 bits per heavy atom. The molecular weight excluding hydrogens is 234 g/mol. The molecule has 1 aromatic carbocycles. The highest BCUT2D eigenvalue weighted by molar-refractivity contribution is 5.30. The van der Waals surface area contributed by atoms with Crippen molar-refractivity contribution in [3.05, 3.63) is 29.8 Å². The number of nitrogens with zero attached hydrogens (tertiary/aromatic N) is 1. The van der Waals surface area contributed by atoms with E-state index in [0.717, 1.165) is 18.9 Å². The van der Waals surface area contributed by atoms with Crippen molar-refractivity contribution in [1.82, 2.24) is 4.90 Å². The van der Waals surface area contributed by atoms with Gasteiger partial charge in [-0.2, -0.15) is 0 Å². The molecule has 1 saturated heterocycles. The van der Waals surface area contributed by atoms with Gasteiger partial charge in [0.05, 0.1) is 0 Å². The number of likely N-dealkylation sites (tertiary alicyclic amines) is 1. The van der Waals surface area contributed by atoms with Crippen LogP contribution in [0, 0.1) is 0 Å². The minimum absolute atomic E-state index is 0.567. The van der Waals surface area contributed by atoms with Gasteiger partial charge < -0.3 is 4.74 Å². The van der Waals surface area contributed by atoms with Crippen LogP contribution in [0.2, 0.25) is 0 Å². The smallest absolute Gasteiger partial charge is 0.119 e. The second-order valence-electron chi connectivity index (χ2n) is 5.12. The molecule has 0 saturated carbocycles.